The van der Waals surface area contributed by atoms with Crippen LogP contribution in [0.4, 0.5) is 13.2 Å². The monoisotopic (exact) mass is 360 g/mol. The number of benzene rings is 1. The Hall–Kier alpha value is -2.06. The normalized spacial score (nSPS) is 24.5. The third kappa shape index (κ3) is 5.47. The van der Waals surface area contributed by atoms with Crippen molar-refractivity contribution in [3.63, 3.8) is 0 Å². The van der Waals surface area contributed by atoms with Crippen LogP contribution in [-0.4, -0.2) is 35.3 Å². The number of hydrogen-bond donors (Lipinski definition) is 2. The van der Waals surface area contributed by atoms with Gasteiger partial charge >= 0.3 is 12.1 Å². The van der Waals surface area contributed by atoms with Gasteiger partial charge in [0.15, 0.2) is 0 Å². The number of aliphatic carboxylic acids is 1. The lowest BCUT2D eigenvalue weighted by Gasteiger charge is -2.37. The van der Waals surface area contributed by atoms with Gasteiger partial charge in [-0.3, -0.25) is 4.79 Å². The van der Waals surface area contributed by atoms with Gasteiger partial charge in [0.1, 0.15) is 5.75 Å². The molecule has 0 amide bonds. The summed E-state index contributed by atoms with van der Waals surface area (Å²) in [7, 11) is 0. The fraction of sp³-hybridized carbons (Fsp3) is 0.471. The summed E-state index contributed by atoms with van der Waals surface area (Å²) in [5.41, 5.74) is 0.268. The first-order valence-corrected chi connectivity index (χ1v) is 7.77. The Labute approximate surface area is 142 Å². The number of aromatic hydroxyl groups is 1. The molecule has 0 spiro atoms. The summed E-state index contributed by atoms with van der Waals surface area (Å²) in [6.45, 7) is -0.188. The van der Waals surface area contributed by atoms with Gasteiger partial charge in [-0.25, -0.2) is 0 Å². The van der Waals surface area contributed by atoms with Gasteiger partial charge in [0, 0.05) is 17.9 Å². The van der Waals surface area contributed by atoms with Gasteiger partial charge < -0.3 is 19.7 Å². The van der Waals surface area contributed by atoms with Crippen molar-refractivity contribution in [3.05, 3.63) is 42.0 Å². The second-order valence-corrected chi connectivity index (χ2v) is 5.72. The summed E-state index contributed by atoms with van der Waals surface area (Å²) in [5.74, 6) is -1.50. The molecule has 2 N–H and O–H groups in total. The molecule has 1 aromatic carbocycles. The molecule has 0 aromatic heterocycles. The number of alkyl halides is 3. The number of phenols is 1. The molecule has 2 rings (SSSR count). The average Bonchev–Trinajstić information content (AvgIpc) is 2.54. The van der Waals surface area contributed by atoms with Gasteiger partial charge in [-0.2, -0.15) is 13.2 Å². The summed E-state index contributed by atoms with van der Waals surface area (Å²) in [5, 5.41) is 18.5. The van der Waals surface area contributed by atoms with Crippen LogP contribution in [0, 0.1) is 5.92 Å². The minimum absolute atomic E-state index is 0.0206. The highest BCUT2D eigenvalue weighted by molar-refractivity contribution is 5.66. The summed E-state index contributed by atoms with van der Waals surface area (Å²) >= 11 is 0. The molecule has 1 heterocycles. The smallest absolute Gasteiger partial charge is 0.440 e. The zero-order valence-corrected chi connectivity index (χ0v) is 13.3. The number of para-hydroxylation sites is 1. The van der Waals surface area contributed by atoms with Crippen molar-refractivity contribution in [1.29, 1.82) is 0 Å². The third-order valence-electron chi connectivity index (χ3n) is 3.80. The van der Waals surface area contributed by atoms with Crippen LogP contribution in [0.1, 0.15) is 30.9 Å². The first kappa shape index (κ1) is 19.3. The molecule has 0 saturated carbocycles. The molecule has 0 aliphatic carbocycles. The van der Waals surface area contributed by atoms with E-state index in [9.17, 15) is 23.1 Å². The van der Waals surface area contributed by atoms with Gasteiger partial charge in [-0.1, -0.05) is 30.4 Å². The van der Waals surface area contributed by atoms with Crippen LogP contribution in [0.5, 0.6) is 5.75 Å². The summed E-state index contributed by atoms with van der Waals surface area (Å²) in [6.07, 6.45) is -3.99. The Bertz CT molecular complexity index is 615. The minimum atomic E-state index is -4.66. The largest absolute Gasteiger partial charge is 0.508 e. The maximum Gasteiger partial charge on any atom is 0.440 e. The number of rotatable bonds is 6. The van der Waals surface area contributed by atoms with E-state index in [2.05, 4.69) is 0 Å². The highest BCUT2D eigenvalue weighted by Crippen LogP contribution is 2.41. The van der Waals surface area contributed by atoms with E-state index in [1.165, 1.54) is 12.1 Å². The number of carboxylic acid groups (broad SMARTS) is 1. The van der Waals surface area contributed by atoms with Crippen molar-refractivity contribution < 1.29 is 37.7 Å². The zero-order chi connectivity index (χ0) is 18.4. The second kappa shape index (κ2) is 8.35. The summed E-state index contributed by atoms with van der Waals surface area (Å²) in [4.78, 5) is 10.5. The zero-order valence-electron chi connectivity index (χ0n) is 13.3. The third-order valence-corrected chi connectivity index (χ3v) is 3.80. The first-order chi connectivity index (χ1) is 11.8. The second-order valence-electron chi connectivity index (χ2n) is 5.72. The number of allylic oxidation sites excluding steroid dienone is 2. The van der Waals surface area contributed by atoms with E-state index in [1.54, 1.807) is 24.3 Å². The molecule has 0 radical (unpaired) electrons. The lowest BCUT2D eigenvalue weighted by atomic mass is 9.91. The van der Waals surface area contributed by atoms with Crippen molar-refractivity contribution in [3.8, 4) is 5.75 Å². The highest BCUT2D eigenvalue weighted by atomic mass is 19.4. The maximum absolute atomic E-state index is 12.9. The molecule has 1 aliphatic heterocycles. The molecule has 3 atom stereocenters. The summed E-state index contributed by atoms with van der Waals surface area (Å²) < 4.78 is 48.6. The SMILES string of the molecule is O=C(O)CC/C=C\C[C@@H]1CO[C@H](C(F)(F)F)O[C@@H]1c1ccccc1O. The number of phenolic OH excluding ortho intramolecular Hbond substituents is 1. The molecular weight excluding hydrogens is 341 g/mol. The molecule has 0 unspecified atom stereocenters. The van der Waals surface area contributed by atoms with Gasteiger partial charge in [0.25, 0.3) is 6.29 Å². The number of carbonyl (C=O) groups is 1. The highest BCUT2D eigenvalue weighted by Gasteiger charge is 2.48. The molecule has 138 valence electrons. The van der Waals surface area contributed by atoms with Crippen molar-refractivity contribution in [1.82, 2.24) is 0 Å². The number of carboxylic acids is 1. The lowest BCUT2D eigenvalue weighted by Crippen LogP contribution is -2.43. The van der Waals surface area contributed by atoms with Crippen molar-refractivity contribution in [2.24, 2.45) is 5.92 Å². The van der Waals surface area contributed by atoms with Gasteiger partial charge in [-0.15, -0.1) is 0 Å². The van der Waals surface area contributed by atoms with E-state index in [-0.39, 0.29) is 24.3 Å². The molecule has 8 heteroatoms. The Morgan fingerprint density at radius 2 is 2.00 bits per heavy atom. The maximum atomic E-state index is 12.9. The molecule has 1 aromatic rings. The van der Waals surface area contributed by atoms with E-state index in [4.69, 9.17) is 14.6 Å². The number of hydrogen-bond acceptors (Lipinski definition) is 4. The Morgan fingerprint density at radius 1 is 1.28 bits per heavy atom. The van der Waals surface area contributed by atoms with Crippen LogP contribution in [0.25, 0.3) is 0 Å². The van der Waals surface area contributed by atoms with Gasteiger partial charge in [-0.05, 0) is 18.9 Å². The van der Waals surface area contributed by atoms with Crippen molar-refractivity contribution >= 4 is 5.97 Å². The van der Waals surface area contributed by atoms with Crippen LogP contribution in [-0.2, 0) is 14.3 Å². The van der Waals surface area contributed by atoms with Gasteiger partial charge in [0.2, 0.25) is 0 Å². The van der Waals surface area contributed by atoms with E-state index in [0.29, 0.717) is 12.8 Å². The molecular formula is C17H19F3O5. The summed E-state index contributed by atoms with van der Waals surface area (Å²) in [6, 6.07) is 6.08. The first-order valence-electron chi connectivity index (χ1n) is 7.77. The fourth-order valence-corrected chi connectivity index (χ4v) is 2.60. The number of halogens is 3. The Kier molecular flexibility index (Phi) is 6.44. The van der Waals surface area contributed by atoms with E-state index < -0.39 is 30.5 Å². The predicted molar refractivity (Wildman–Crippen MR) is 81.8 cm³/mol. The minimum Gasteiger partial charge on any atom is -0.508 e. The van der Waals surface area contributed by atoms with Crippen LogP contribution < -0.4 is 0 Å². The molecule has 0 bridgehead atoms. The molecule has 1 aliphatic rings. The topological polar surface area (TPSA) is 76.0 Å². The van der Waals surface area contributed by atoms with E-state index >= 15 is 0 Å². The van der Waals surface area contributed by atoms with Crippen molar-refractivity contribution in [2.45, 2.75) is 37.8 Å². The standard InChI is InChI=1S/C17H19F3O5/c18-17(19,20)16-24-10-11(6-2-1-3-9-14(22)23)15(25-16)12-7-4-5-8-13(12)21/h1-2,4-5,7-8,11,15-16,21H,3,6,9-10H2,(H,22,23)/b2-1-/t11-,15+,16+/m1/s1. The molecule has 1 saturated heterocycles. The van der Waals surface area contributed by atoms with Crippen LogP contribution in [0.3, 0.4) is 0 Å². The van der Waals surface area contributed by atoms with E-state index in [0.717, 1.165) is 0 Å². The Morgan fingerprint density at radius 3 is 2.64 bits per heavy atom. The molecule has 1 fully saturated rings. The predicted octanol–water partition coefficient (Wildman–Crippen LogP) is 3.80. The van der Waals surface area contributed by atoms with E-state index in [1.807, 2.05) is 0 Å². The van der Waals surface area contributed by atoms with Crippen molar-refractivity contribution in [2.75, 3.05) is 6.61 Å². The lowest BCUT2D eigenvalue weighted by molar-refractivity contribution is -0.353. The average molecular weight is 360 g/mol. The number of ether oxygens (including phenoxy) is 2. The van der Waals surface area contributed by atoms with Crippen LogP contribution in [0.15, 0.2) is 36.4 Å². The van der Waals surface area contributed by atoms with Gasteiger partial charge in [0.05, 0.1) is 12.7 Å². The van der Waals surface area contributed by atoms with Crippen LogP contribution >= 0.6 is 0 Å². The quantitative estimate of drug-likeness (QED) is 0.755. The fourth-order valence-electron chi connectivity index (χ4n) is 2.60. The molecule has 25 heavy (non-hydrogen) atoms. The molecule has 5 nitrogen and oxygen atoms in total. The van der Waals surface area contributed by atoms with Crippen LogP contribution in [0.2, 0.25) is 0 Å². The Balaban J connectivity index is 2.11.